The van der Waals surface area contributed by atoms with Crippen molar-refractivity contribution in [2.45, 2.75) is 31.9 Å². The van der Waals surface area contributed by atoms with Gasteiger partial charge in [0.05, 0.1) is 23.7 Å². The highest BCUT2D eigenvalue weighted by molar-refractivity contribution is 7.05. The minimum Gasteiger partial charge on any atom is -0.441 e. The number of amides is 2. The van der Waals surface area contributed by atoms with Crippen LogP contribution >= 0.6 is 11.5 Å². The first-order valence-electron chi connectivity index (χ1n) is 7.69. The Hall–Kier alpha value is -1.74. The molecule has 2 fully saturated rings. The molecule has 0 unspecified atom stereocenters. The molecule has 0 radical (unpaired) electrons. The first kappa shape index (κ1) is 16.1. The lowest BCUT2D eigenvalue weighted by molar-refractivity contribution is -0.130. The number of nitrogens with one attached hydrogen (secondary N) is 1. The smallest absolute Gasteiger partial charge is 0.410 e. The van der Waals surface area contributed by atoms with E-state index in [0.29, 0.717) is 13.1 Å². The van der Waals surface area contributed by atoms with E-state index in [2.05, 4.69) is 14.9 Å². The van der Waals surface area contributed by atoms with Gasteiger partial charge >= 0.3 is 6.09 Å². The van der Waals surface area contributed by atoms with E-state index in [1.54, 1.807) is 11.9 Å². The Kier molecular flexibility index (Phi) is 4.49. The highest BCUT2D eigenvalue weighted by Gasteiger charge is 2.46. The summed E-state index contributed by atoms with van der Waals surface area (Å²) in [7, 11) is 1.73. The largest absolute Gasteiger partial charge is 0.441 e. The van der Waals surface area contributed by atoms with Gasteiger partial charge < -0.3 is 15.0 Å². The summed E-state index contributed by atoms with van der Waals surface area (Å²) in [5.41, 5.74) is 0.420. The molecule has 2 amide bonds. The first-order chi connectivity index (χ1) is 11.0. The van der Waals surface area contributed by atoms with Gasteiger partial charge in [0.25, 0.3) is 0 Å². The van der Waals surface area contributed by atoms with E-state index >= 15 is 0 Å². The molecule has 126 valence electrons. The summed E-state index contributed by atoms with van der Waals surface area (Å²) in [5.74, 6) is -0.110. The van der Waals surface area contributed by atoms with Crippen LogP contribution in [0.3, 0.4) is 0 Å². The maximum Gasteiger partial charge on any atom is 0.410 e. The maximum atomic E-state index is 12.4. The minimum absolute atomic E-state index is 0.0514. The summed E-state index contributed by atoms with van der Waals surface area (Å²) in [5, 5.41) is 7.20. The molecule has 2 aliphatic rings. The summed E-state index contributed by atoms with van der Waals surface area (Å²) in [6, 6.07) is 0. The number of rotatable bonds is 4. The van der Waals surface area contributed by atoms with Gasteiger partial charge in [-0.15, -0.1) is 5.10 Å². The number of aryl methyl sites for hydroxylation is 1. The van der Waals surface area contributed by atoms with E-state index in [1.807, 2.05) is 6.92 Å². The van der Waals surface area contributed by atoms with E-state index in [-0.39, 0.29) is 18.5 Å². The molecule has 0 aromatic carbocycles. The Morgan fingerprint density at radius 2 is 2.22 bits per heavy atom. The Morgan fingerprint density at radius 3 is 2.87 bits per heavy atom. The molecular weight excluding hydrogens is 318 g/mol. The highest BCUT2D eigenvalue weighted by Crippen LogP contribution is 2.30. The number of ether oxygens (including phenoxy) is 1. The Bertz CT molecular complexity index is 599. The SMILES string of the molecule is Cc1nnsc1CN(C)C(=O)CN1CC2(CCNCC2)OC1=O. The molecule has 1 spiro atoms. The number of piperidine rings is 1. The monoisotopic (exact) mass is 339 g/mol. The van der Waals surface area contributed by atoms with E-state index < -0.39 is 5.60 Å². The molecule has 3 rings (SSSR count). The molecule has 9 heteroatoms. The quantitative estimate of drug-likeness (QED) is 0.853. The third-order valence-electron chi connectivity index (χ3n) is 4.43. The number of carbonyl (C=O) groups is 2. The number of carbonyl (C=O) groups excluding carboxylic acids is 2. The number of likely N-dealkylation sites (N-methyl/N-ethyl adjacent to an activating group) is 1. The molecule has 1 aromatic heterocycles. The van der Waals surface area contributed by atoms with Gasteiger partial charge in [0, 0.05) is 19.9 Å². The van der Waals surface area contributed by atoms with Crippen molar-refractivity contribution in [3.63, 3.8) is 0 Å². The van der Waals surface area contributed by atoms with Crippen molar-refractivity contribution < 1.29 is 14.3 Å². The Balaban J connectivity index is 1.57. The summed E-state index contributed by atoms with van der Waals surface area (Å²) in [6.07, 6.45) is 1.21. The van der Waals surface area contributed by atoms with Gasteiger partial charge in [-0.1, -0.05) is 4.49 Å². The van der Waals surface area contributed by atoms with Crippen LogP contribution in [0.1, 0.15) is 23.4 Å². The van der Waals surface area contributed by atoms with E-state index in [1.165, 1.54) is 16.4 Å². The summed E-state index contributed by atoms with van der Waals surface area (Å²) in [4.78, 5) is 28.5. The maximum absolute atomic E-state index is 12.4. The molecular formula is C14H21N5O3S. The normalized spacial score (nSPS) is 19.9. The average Bonchev–Trinajstić information content (AvgIpc) is 3.04. The third-order valence-corrected chi connectivity index (χ3v) is 5.24. The van der Waals surface area contributed by atoms with Crippen LogP contribution in [-0.2, 0) is 16.1 Å². The zero-order chi connectivity index (χ0) is 16.4. The standard InChI is InChI=1S/C14H21N5O3S/c1-10-11(23-17-16-10)7-18(2)12(20)8-19-9-14(22-13(19)21)3-5-15-6-4-14/h15H,3-9H2,1-2H3. The van der Waals surface area contributed by atoms with Crippen LogP contribution in [-0.4, -0.2) is 70.2 Å². The minimum atomic E-state index is -0.417. The number of aromatic nitrogens is 2. The summed E-state index contributed by atoms with van der Waals surface area (Å²) < 4.78 is 9.44. The second-order valence-corrected chi connectivity index (χ2v) is 7.03. The Labute approximate surface area is 138 Å². The topological polar surface area (TPSA) is 87.7 Å². The van der Waals surface area contributed by atoms with Crippen molar-refractivity contribution in [3.8, 4) is 0 Å². The number of nitrogens with zero attached hydrogens (tertiary/aromatic N) is 4. The fourth-order valence-electron chi connectivity index (χ4n) is 2.94. The third kappa shape index (κ3) is 3.45. The van der Waals surface area contributed by atoms with Crippen molar-refractivity contribution in [1.82, 2.24) is 24.7 Å². The number of hydrogen-bond acceptors (Lipinski definition) is 7. The molecule has 2 aliphatic heterocycles. The van der Waals surface area contributed by atoms with Crippen molar-refractivity contribution in [2.24, 2.45) is 0 Å². The van der Waals surface area contributed by atoms with Crippen LogP contribution in [0.2, 0.25) is 0 Å². The lowest BCUT2D eigenvalue weighted by Crippen LogP contribution is -2.46. The lowest BCUT2D eigenvalue weighted by atomic mass is 9.92. The molecule has 1 aromatic rings. The molecule has 3 heterocycles. The van der Waals surface area contributed by atoms with E-state index in [0.717, 1.165) is 36.5 Å². The molecule has 0 atom stereocenters. The van der Waals surface area contributed by atoms with Crippen molar-refractivity contribution in [1.29, 1.82) is 0 Å². The van der Waals surface area contributed by atoms with Crippen LogP contribution in [0.15, 0.2) is 0 Å². The molecule has 1 N–H and O–H groups in total. The van der Waals surface area contributed by atoms with Gasteiger partial charge in [-0.05, 0) is 31.5 Å². The van der Waals surface area contributed by atoms with Crippen LogP contribution in [0.5, 0.6) is 0 Å². The second-order valence-electron chi connectivity index (χ2n) is 6.19. The first-order valence-corrected chi connectivity index (χ1v) is 8.47. The van der Waals surface area contributed by atoms with E-state index in [4.69, 9.17) is 4.74 Å². The van der Waals surface area contributed by atoms with Crippen LogP contribution in [0, 0.1) is 6.92 Å². The Morgan fingerprint density at radius 1 is 1.48 bits per heavy atom. The lowest BCUT2D eigenvalue weighted by Gasteiger charge is -2.31. The van der Waals surface area contributed by atoms with Gasteiger partial charge in [0.15, 0.2) is 0 Å². The fraction of sp³-hybridized carbons (Fsp3) is 0.714. The predicted octanol–water partition coefficient (Wildman–Crippen LogP) is 0.379. The molecule has 2 saturated heterocycles. The van der Waals surface area contributed by atoms with Crippen molar-refractivity contribution >= 4 is 23.5 Å². The highest BCUT2D eigenvalue weighted by atomic mass is 32.1. The zero-order valence-electron chi connectivity index (χ0n) is 13.4. The molecule has 0 aliphatic carbocycles. The van der Waals surface area contributed by atoms with Crippen LogP contribution < -0.4 is 5.32 Å². The molecule has 23 heavy (non-hydrogen) atoms. The zero-order valence-corrected chi connectivity index (χ0v) is 14.2. The van der Waals surface area contributed by atoms with Gasteiger partial charge in [-0.2, -0.15) is 0 Å². The van der Waals surface area contributed by atoms with Crippen molar-refractivity contribution in [2.75, 3.05) is 33.2 Å². The van der Waals surface area contributed by atoms with Crippen molar-refractivity contribution in [3.05, 3.63) is 10.6 Å². The summed E-state index contributed by atoms with van der Waals surface area (Å²) >= 11 is 1.29. The van der Waals surface area contributed by atoms with Gasteiger partial charge in [0.2, 0.25) is 5.91 Å². The second kappa shape index (κ2) is 6.40. The van der Waals surface area contributed by atoms with Gasteiger partial charge in [0.1, 0.15) is 12.1 Å². The van der Waals surface area contributed by atoms with Crippen LogP contribution in [0.25, 0.3) is 0 Å². The average molecular weight is 339 g/mol. The predicted molar refractivity (Wildman–Crippen MR) is 84.0 cm³/mol. The fourth-order valence-corrected chi connectivity index (χ4v) is 3.63. The van der Waals surface area contributed by atoms with E-state index in [9.17, 15) is 9.59 Å². The van der Waals surface area contributed by atoms with Gasteiger partial charge in [-0.3, -0.25) is 9.69 Å². The molecule has 0 bridgehead atoms. The van der Waals surface area contributed by atoms with Gasteiger partial charge in [-0.25, -0.2) is 4.79 Å². The number of hydrogen-bond donors (Lipinski definition) is 1. The van der Waals surface area contributed by atoms with Crippen LogP contribution in [0.4, 0.5) is 4.79 Å². The molecule has 0 saturated carbocycles. The summed E-state index contributed by atoms with van der Waals surface area (Å²) in [6.45, 7) is 4.55. The molecule has 8 nitrogen and oxygen atoms in total.